The van der Waals surface area contributed by atoms with E-state index in [0.717, 1.165) is 12.8 Å². The Balaban J connectivity index is 1.92. The van der Waals surface area contributed by atoms with Gasteiger partial charge in [-0.1, -0.05) is 0 Å². The summed E-state index contributed by atoms with van der Waals surface area (Å²) in [4.78, 5) is 37.5. The molecule has 0 saturated carbocycles. The minimum atomic E-state index is -1.03. The number of piperidine rings is 1. The number of carboxylic acid groups (broad SMARTS) is 1. The number of nitrogens with one attached hydrogen (secondary N) is 1. The van der Waals surface area contributed by atoms with Crippen molar-refractivity contribution in [3.05, 3.63) is 0 Å². The fourth-order valence-electron chi connectivity index (χ4n) is 3.23. The van der Waals surface area contributed by atoms with E-state index >= 15 is 0 Å². The van der Waals surface area contributed by atoms with E-state index in [-0.39, 0.29) is 23.8 Å². The Kier molecular flexibility index (Phi) is 6.56. The van der Waals surface area contributed by atoms with E-state index in [0.29, 0.717) is 32.5 Å². The summed E-state index contributed by atoms with van der Waals surface area (Å²) in [5.74, 6) is -1.57. The monoisotopic (exact) mass is 342 g/mol. The van der Waals surface area contributed by atoms with Crippen LogP contribution in [0.25, 0.3) is 0 Å². The Morgan fingerprint density at radius 1 is 1.21 bits per heavy atom. The molecule has 2 fully saturated rings. The Labute approximate surface area is 141 Å². The maximum atomic E-state index is 12.7. The molecule has 0 spiro atoms. The lowest BCUT2D eigenvalue weighted by Gasteiger charge is -2.38. The number of carboxylic acids is 1. The van der Waals surface area contributed by atoms with Gasteiger partial charge in [0.1, 0.15) is 6.10 Å². The third kappa shape index (κ3) is 4.45. The first-order valence-corrected chi connectivity index (χ1v) is 8.39. The molecule has 0 aromatic heterocycles. The van der Waals surface area contributed by atoms with Gasteiger partial charge in [0.2, 0.25) is 5.91 Å². The minimum Gasteiger partial charge on any atom is -0.479 e. The fraction of sp³-hybridized carbons (Fsp3) is 0.812. The molecule has 0 aliphatic carbocycles. The van der Waals surface area contributed by atoms with Crippen LogP contribution in [0.15, 0.2) is 0 Å². The third-order valence-corrected chi connectivity index (χ3v) is 4.71. The van der Waals surface area contributed by atoms with Crippen molar-refractivity contribution in [2.75, 3.05) is 26.8 Å². The molecule has 8 nitrogen and oxygen atoms in total. The number of aliphatic carboxylic acids is 1. The molecule has 136 valence electrons. The summed E-state index contributed by atoms with van der Waals surface area (Å²) in [6, 6.07) is 0.0213. The van der Waals surface area contributed by atoms with Crippen LogP contribution in [0.2, 0.25) is 0 Å². The number of hydrogen-bond acceptors (Lipinski definition) is 5. The summed E-state index contributed by atoms with van der Waals surface area (Å²) >= 11 is 0. The zero-order chi connectivity index (χ0) is 17.7. The Morgan fingerprint density at radius 3 is 2.54 bits per heavy atom. The average molecular weight is 342 g/mol. The number of likely N-dealkylation sites (tertiary alicyclic amines) is 1. The highest BCUT2D eigenvalue weighted by atomic mass is 16.5. The van der Waals surface area contributed by atoms with E-state index in [2.05, 4.69) is 5.32 Å². The second kappa shape index (κ2) is 8.43. The van der Waals surface area contributed by atoms with E-state index < -0.39 is 18.2 Å². The van der Waals surface area contributed by atoms with Crippen molar-refractivity contribution in [3.63, 3.8) is 0 Å². The van der Waals surface area contributed by atoms with Gasteiger partial charge in [-0.05, 0) is 32.6 Å². The van der Waals surface area contributed by atoms with Crippen molar-refractivity contribution in [1.29, 1.82) is 0 Å². The molecule has 2 heterocycles. The Bertz CT molecular complexity index is 483. The molecular weight excluding hydrogens is 316 g/mol. The number of methoxy groups -OCH3 is 1. The average Bonchev–Trinajstić information content (AvgIpc) is 3.05. The fourth-order valence-corrected chi connectivity index (χ4v) is 3.23. The maximum absolute atomic E-state index is 12.7. The topological polar surface area (TPSA) is 105 Å². The molecule has 0 aromatic carbocycles. The van der Waals surface area contributed by atoms with Gasteiger partial charge in [-0.15, -0.1) is 0 Å². The molecule has 2 saturated heterocycles. The van der Waals surface area contributed by atoms with Crippen molar-refractivity contribution >= 4 is 17.8 Å². The van der Waals surface area contributed by atoms with Crippen LogP contribution in [0.5, 0.6) is 0 Å². The van der Waals surface area contributed by atoms with Crippen LogP contribution in [0, 0.1) is 5.92 Å². The smallest absolute Gasteiger partial charge is 0.332 e. The van der Waals surface area contributed by atoms with Gasteiger partial charge in [0.15, 0.2) is 6.10 Å². The van der Waals surface area contributed by atoms with Crippen molar-refractivity contribution in [2.45, 2.75) is 50.9 Å². The van der Waals surface area contributed by atoms with Crippen LogP contribution in [0.1, 0.15) is 32.6 Å². The number of hydrogen-bond donors (Lipinski definition) is 2. The SMILES string of the molecule is COCCNC(=O)C1CCC(C)N(C(=O)[C@@H]2CC[C@H](C(=O)O)O2)C1. The third-order valence-electron chi connectivity index (χ3n) is 4.71. The normalized spacial score (nSPS) is 30.2. The zero-order valence-electron chi connectivity index (χ0n) is 14.2. The summed E-state index contributed by atoms with van der Waals surface area (Å²) in [7, 11) is 1.57. The first-order chi connectivity index (χ1) is 11.4. The van der Waals surface area contributed by atoms with Crippen molar-refractivity contribution < 1.29 is 29.0 Å². The first-order valence-electron chi connectivity index (χ1n) is 8.39. The number of rotatable bonds is 6. The lowest BCUT2D eigenvalue weighted by Crippen LogP contribution is -2.52. The van der Waals surface area contributed by atoms with Gasteiger partial charge >= 0.3 is 5.97 Å². The van der Waals surface area contributed by atoms with E-state index in [1.54, 1.807) is 12.0 Å². The molecule has 0 bridgehead atoms. The molecule has 2 aliphatic heterocycles. The quantitative estimate of drug-likeness (QED) is 0.659. The Morgan fingerprint density at radius 2 is 1.92 bits per heavy atom. The number of amides is 2. The van der Waals surface area contributed by atoms with E-state index in [1.165, 1.54) is 0 Å². The number of ether oxygens (including phenoxy) is 2. The maximum Gasteiger partial charge on any atom is 0.332 e. The van der Waals surface area contributed by atoms with Crippen LogP contribution < -0.4 is 5.32 Å². The molecule has 0 radical (unpaired) electrons. The largest absolute Gasteiger partial charge is 0.479 e. The standard InChI is InChI=1S/C16H26N2O6/c1-10-3-4-11(14(19)17-7-8-23-2)9-18(10)15(20)12-5-6-13(24-12)16(21)22/h10-13H,3-9H2,1-2H3,(H,17,19)(H,21,22)/t10?,11?,12-,13+/m0/s1. The van der Waals surface area contributed by atoms with Crippen molar-refractivity contribution in [3.8, 4) is 0 Å². The van der Waals surface area contributed by atoms with Gasteiger partial charge < -0.3 is 24.8 Å². The second-order valence-electron chi connectivity index (χ2n) is 6.43. The predicted octanol–water partition coefficient (Wildman–Crippen LogP) is 0.00830. The highest BCUT2D eigenvalue weighted by molar-refractivity contribution is 5.85. The summed E-state index contributed by atoms with van der Waals surface area (Å²) < 4.78 is 10.3. The van der Waals surface area contributed by atoms with Crippen LogP contribution in [0.4, 0.5) is 0 Å². The van der Waals surface area contributed by atoms with E-state index in [4.69, 9.17) is 14.6 Å². The number of nitrogens with zero attached hydrogens (tertiary/aromatic N) is 1. The van der Waals surface area contributed by atoms with Crippen LogP contribution in [-0.2, 0) is 23.9 Å². The van der Waals surface area contributed by atoms with Gasteiger partial charge in [-0.25, -0.2) is 4.79 Å². The Hall–Kier alpha value is -1.67. The molecule has 4 atom stereocenters. The zero-order valence-corrected chi connectivity index (χ0v) is 14.2. The molecular formula is C16H26N2O6. The molecule has 0 aromatic rings. The lowest BCUT2D eigenvalue weighted by molar-refractivity contribution is -0.156. The van der Waals surface area contributed by atoms with Crippen molar-refractivity contribution in [2.24, 2.45) is 5.92 Å². The van der Waals surface area contributed by atoms with Crippen LogP contribution in [-0.4, -0.2) is 72.8 Å². The van der Waals surface area contributed by atoms with Crippen LogP contribution >= 0.6 is 0 Å². The molecule has 2 N–H and O–H groups in total. The van der Waals surface area contributed by atoms with Gasteiger partial charge in [0, 0.05) is 26.2 Å². The van der Waals surface area contributed by atoms with Crippen LogP contribution in [0.3, 0.4) is 0 Å². The van der Waals surface area contributed by atoms with E-state index in [1.807, 2.05) is 6.92 Å². The molecule has 2 aliphatic rings. The van der Waals surface area contributed by atoms with Gasteiger partial charge in [-0.3, -0.25) is 9.59 Å². The summed E-state index contributed by atoms with van der Waals surface area (Å²) in [6.07, 6.45) is 0.588. The minimum absolute atomic E-state index is 0.0213. The molecule has 2 unspecified atom stereocenters. The van der Waals surface area contributed by atoms with Gasteiger partial charge in [0.05, 0.1) is 12.5 Å². The molecule has 8 heteroatoms. The summed E-state index contributed by atoms with van der Waals surface area (Å²) in [5.41, 5.74) is 0. The van der Waals surface area contributed by atoms with Gasteiger partial charge in [-0.2, -0.15) is 0 Å². The predicted molar refractivity (Wildman–Crippen MR) is 84.3 cm³/mol. The first kappa shape index (κ1) is 18.7. The summed E-state index contributed by atoms with van der Waals surface area (Å²) in [6.45, 7) is 3.18. The lowest BCUT2D eigenvalue weighted by atomic mass is 9.92. The van der Waals surface area contributed by atoms with Crippen molar-refractivity contribution in [1.82, 2.24) is 10.2 Å². The molecule has 24 heavy (non-hydrogen) atoms. The highest BCUT2D eigenvalue weighted by Gasteiger charge is 2.40. The number of carbonyl (C=O) groups is 3. The van der Waals surface area contributed by atoms with E-state index in [9.17, 15) is 14.4 Å². The number of carbonyl (C=O) groups excluding carboxylic acids is 2. The summed E-state index contributed by atoms with van der Waals surface area (Å²) in [5, 5.41) is 11.8. The molecule has 2 rings (SSSR count). The molecule has 2 amide bonds. The van der Waals surface area contributed by atoms with Gasteiger partial charge in [0.25, 0.3) is 5.91 Å². The highest BCUT2D eigenvalue weighted by Crippen LogP contribution is 2.27. The second-order valence-corrected chi connectivity index (χ2v) is 6.43.